The number of pyridine rings is 1. The zero-order valence-corrected chi connectivity index (χ0v) is 30.8. The highest BCUT2D eigenvalue weighted by Gasteiger charge is 2.52. The number of nitrogens with one attached hydrogen (secondary N) is 3. The minimum Gasteiger partial charge on any atom is -0.497 e. The van der Waals surface area contributed by atoms with Crippen LogP contribution in [0.5, 0.6) is 5.75 Å². The van der Waals surface area contributed by atoms with Crippen LogP contribution in [0.25, 0.3) is 0 Å². The Balaban J connectivity index is 0.000000701. The van der Waals surface area contributed by atoms with Gasteiger partial charge in [0.1, 0.15) is 30.1 Å². The summed E-state index contributed by atoms with van der Waals surface area (Å²) in [5, 5.41) is 14.8. The number of ketones is 1. The molecule has 18 heteroatoms. The first kappa shape index (κ1) is 44.2. The second-order valence-electron chi connectivity index (χ2n) is 12.7. The third-order valence-corrected chi connectivity index (χ3v) is 8.54. The van der Waals surface area contributed by atoms with E-state index < -0.39 is 72.1 Å². The number of aromatic nitrogens is 1. The molecule has 0 aliphatic carbocycles. The predicted molar refractivity (Wildman–Crippen MR) is 190 cm³/mol. The molecule has 4 N–H and O–H groups in total. The van der Waals surface area contributed by atoms with E-state index in [4.69, 9.17) is 21.4 Å². The Labute approximate surface area is 318 Å². The summed E-state index contributed by atoms with van der Waals surface area (Å²) < 4.78 is 71.5. The van der Waals surface area contributed by atoms with Crippen molar-refractivity contribution in [3.63, 3.8) is 0 Å². The van der Waals surface area contributed by atoms with Crippen LogP contribution in [0.3, 0.4) is 0 Å². The molecule has 3 atom stereocenters. The largest absolute Gasteiger partial charge is 0.497 e. The predicted octanol–water partition coefficient (Wildman–Crippen LogP) is 4.28. The standard InChI is InChI=1S/C29H31ClF5N5O5.C8H10O2/c1-16(2)22(23(41)29(34,35)27(45)37-15-28(31,32)33)39-25(43)21-10-6-12-40(21)26(44)20(14-17-7-5-8-18(30)13-17)38-24(42)19-9-3-4-11-36-19;1-10-8-4-2-7(6-9)3-5-8/h3-5,7-9,11,13,16,20-22H,6,10,12,14-15H2,1-2H3,(H,37,45)(H,38,42)(H,39,43);2-5,9H,6H2,1H3/t20?,21?,22-;/m0./s1. The van der Waals surface area contributed by atoms with Gasteiger partial charge in [0.05, 0.1) is 19.8 Å². The van der Waals surface area contributed by atoms with E-state index in [0.29, 0.717) is 17.0 Å². The number of methoxy groups -OCH3 is 1. The van der Waals surface area contributed by atoms with Crippen molar-refractivity contribution in [1.29, 1.82) is 0 Å². The molecule has 2 aromatic carbocycles. The summed E-state index contributed by atoms with van der Waals surface area (Å²) in [4.78, 5) is 69.7. The van der Waals surface area contributed by atoms with Crippen molar-refractivity contribution in [2.75, 3.05) is 20.2 Å². The fraction of sp³-hybridized carbons (Fsp3) is 0.405. The quantitative estimate of drug-likeness (QED) is 0.139. The van der Waals surface area contributed by atoms with Crippen molar-refractivity contribution in [2.24, 2.45) is 5.92 Å². The Hall–Kier alpha value is -5.16. The van der Waals surface area contributed by atoms with Crippen LogP contribution in [0.4, 0.5) is 22.0 Å². The first-order chi connectivity index (χ1) is 25.9. The molecule has 12 nitrogen and oxygen atoms in total. The zero-order chi connectivity index (χ0) is 40.9. The molecule has 0 bridgehead atoms. The van der Waals surface area contributed by atoms with Crippen LogP contribution >= 0.6 is 11.6 Å². The van der Waals surface area contributed by atoms with E-state index in [2.05, 4.69) is 15.6 Å². The van der Waals surface area contributed by atoms with Crippen molar-refractivity contribution < 1.29 is 55.8 Å². The summed E-state index contributed by atoms with van der Waals surface area (Å²) in [7, 11) is 1.62. The number of likely N-dealkylation sites (tertiary alicyclic amines) is 1. The SMILES string of the molecule is CC(C)[C@H](NC(=O)C1CCCN1C(=O)C(Cc1cccc(Cl)c1)NC(=O)c1ccccn1)C(=O)C(F)(F)C(=O)NCC(F)(F)F.COc1ccc(CO)cc1. The number of amides is 4. The van der Waals surface area contributed by atoms with E-state index >= 15 is 0 Å². The van der Waals surface area contributed by atoms with Gasteiger partial charge in [-0.25, -0.2) is 0 Å². The summed E-state index contributed by atoms with van der Waals surface area (Å²) in [5.74, 6) is -12.0. The van der Waals surface area contributed by atoms with Gasteiger partial charge in [-0.1, -0.05) is 55.8 Å². The number of aliphatic hydroxyl groups is 1. The van der Waals surface area contributed by atoms with Gasteiger partial charge in [0.15, 0.2) is 0 Å². The summed E-state index contributed by atoms with van der Waals surface area (Å²) in [5.41, 5.74) is 1.51. The molecule has 1 saturated heterocycles. The number of rotatable bonds is 14. The number of alkyl halides is 5. The second-order valence-corrected chi connectivity index (χ2v) is 13.2. The molecule has 1 aliphatic rings. The minimum atomic E-state index is -5.00. The first-order valence-corrected chi connectivity index (χ1v) is 17.3. The van der Waals surface area contributed by atoms with Crippen molar-refractivity contribution in [1.82, 2.24) is 25.8 Å². The van der Waals surface area contributed by atoms with Crippen LogP contribution in [0.15, 0.2) is 72.9 Å². The Morgan fingerprint density at radius 1 is 0.964 bits per heavy atom. The first-order valence-electron chi connectivity index (χ1n) is 17.0. The molecular formula is C37H41ClF5N5O7. The van der Waals surface area contributed by atoms with Crippen LogP contribution in [0.1, 0.15) is 48.3 Å². The lowest BCUT2D eigenvalue weighted by molar-refractivity contribution is -0.165. The van der Waals surface area contributed by atoms with Crippen LogP contribution in [-0.4, -0.2) is 94.8 Å². The smallest absolute Gasteiger partial charge is 0.405 e. The van der Waals surface area contributed by atoms with E-state index in [1.807, 2.05) is 24.3 Å². The number of Topliss-reactive ketones (excluding diaryl/α,β-unsaturated/α-hetero) is 1. The maximum absolute atomic E-state index is 14.6. The monoisotopic (exact) mass is 797 g/mol. The molecule has 1 fully saturated rings. The third kappa shape index (κ3) is 13.0. The molecule has 3 aromatic rings. The number of ether oxygens (including phenoxy) is 1. The zero-order valence-electron chi connectivity index (χ0n) is 30.0. The Morgan fingerprint density at radius 2 is 1.65 bits per heavy atom. The number of hydrogen-bond acceptors (Lipinski definition) is 8. The highest BCUT2D eigenvalue weighted by atomic mass is 35.5. The lowest BCUT2D eigenvalue weighted by Gasteiger charge is -2.31. The van der Waals surface area contributed by atoms with Gasteiger partial charge in [0.2, 0.25) is 17.6 Å². The molecule has 1 aromatic heterocycles. The molecule has 55 heavy (non-hydrogen) atoms. The molecule has 4 amide bonds. The maximum Gasteiger partial charge on any atom is 0.405 e. The van der Waals surface area contributed by atoms with Crippen LogP contribution in [0.2, 0.25) is 5.02 Å². The van der Waals surface area contributed by atoms with Gasteiger partial charge in [-0.2, -0.15) is 22.0 Å². The number of carbonyl (C=O) groups excluding carboxylic acids is 5. The summed E-state index contributed by atoms with van der Waals surface area (Å²) in [6, 6.07) is 14.0. The topological polar surface area (TPSA) is 167 Å². The normalized spacial score (nSPS) is 15.3. The molecule has 0 saturated carbocycles. The number of carbonyl (C=O) groups is 5. The molecule has 4 rings (SSSR count). The average Bonchev–Trinajstić information content (AvgIpc) is 3.65. The van der Waals surface area contributed by atoms with E-state index in [1.54, 1.807) is 43.5 Å². The van der Waals surface area contributed by atoms with Crippen LogP contribution in [0, 0.1) is 5.92 Å². The number of nitrogens with zero attached hydrogens (tertiary/aromatic N) is 2. The Kier molecular flexibility index (Phi) is 16.1. The third-order valence-electron chi connectivity index (χ3n) is 8.30. The summed E-state index contributed by atoms with van der Waals surface area (Å²) in [6.45, 7) is 0.638. The summed E-state index contributed by atoms with van der Waals surface area (Å²) in [6.07, 6.45) is -3.25. The molecule has 2 unspecified atom stereocenters. The van der Waals surface area contributed by atoms with Gasteiger partial charge >= 0.3 is 12.1 Å². The van der Waals surface area contributed by atoms with Crippen LogP contribution < -0.4 is 20.7 Å². The molecule has 2 heterocycles. The van der Waals surface area contributed by atoms with Crippen molar-refractivity contribution in [3.8, 4) is 5.75 Å². The fourth-order valence-corrected chi connectivity index (χ4v) is 5.66. The average molecular weight is 798 g/mol. The second kappa shape index (κ2) is 20.0. The molecule has 0 spiro atoms. The Morgan fingerprint density at radius 3 is 2.22 bits per heavy atom. The van der Waals surface area contributed by atoms with Gasteiger partial charge < -0.3 is 30.7 Å². The Bertz CT molecular complexity index is 1760. The van der Waals surface area contributed by atoms with Gasteiger partial charge in [-0.05, 0) is 66.3 Å². The highest BCUT2D eigenvalue weighted by Crippen LogP contribution is 2.25. The lowest BCUT2D eigenvalue weighted by atomic mass is 9.94. The van der Waals surface area contributed by atoms with E-state index in [-0.39, 0.29) is 31.7 Å². The lowest BCUT2D eigenvalue weighted by Crippen LogP contribution is -2.60. The van der Waals surface area contributed by atoms with E-state index in [0.717, 1.165) is 21.5 Å². The highest BCUT2D eigenvalue weighted by molar-refractivity contribution is 6.30. The molecular weight excluding hydrogens is 757 g/mol. The van der Waals surface area contributed by atoms with Gasteiger partial charge in [0, 0.05) is 24.2 Å². The van der Waals surface area contributed by atoms with E-state index in [1.165, 1.54) is 26.1 Å². The van der Waals surface area contributed by atoms with Gasteiger partial charge in [-0.15, -0.1) is 0 Å². The van der Waals surface area contributed by atoms with Gasteiger partial charge in [0.25, 0.3) is 11.8 Å². The number of hydrogen-bond donors (Lipinski definition) is 4. The van der Waals surface area contributed by atoms with Crippen LogP contribution in [-0.2, 0) is 32.2 Å². The summed E-state index contributed by atoms with van der Waals surface area (Å²) >= 11 is 6.09. The number of benzene rings is 2. The minimum absolute atomic E-state index is 0.0237. The number of aliphatic hydroxyl groups excluding tert-OH is 1. The van der Waals surface area contributed by atoms with E-state index in [9.17, 15) is 45.9 Å². The van der Waals surface area contributed by atoms with Crippen molar-refractivity contribution in [3.05, 3.63) is 94.8 Å². The number of halogens is 6. The van der Waals surface area contributed by atoms with Gasteiger partial charge in [-0.3, -0.25) is 29.0 Å². The van der Waals surface area contributed by atoms with Crippen molar-refractivity contribution >= 4 is 41.0 Å². The van der Waals surface area contributed by atoms with Crippen molar-refractivity contribution in [2.45, 2.75) is 69.9 Å². The molecule has 0 radical (unpaired) electrons. The molecule has 1 aliphatic heterocycles. The fourth-order valence-electron chi connectivity index (χ4n) is 5.45. The molecule has 298 valence electrons. The maximum atomic E-state index is 14.6.